The third-order valence-electron chi connectivity index (χ3n) is 5.17. The Morgan fingerprint density at radius 3 is 2.06 bits per heavy atom. The molecule has 0 saturated carbocycles. The number of fused-ring (bicyclic) bond motifs is 1. The van der Waals surface area contributed by atoms with Crippen LogP contribution in [-0.4, -0.2) is 39.8 Å². The molecule has 0 bridgehead atoms. The first-order chi connectivity index (χ1) is 14.9. The van der Waals surface area contributed by atoms with E-state index in [1.54, 1.807) is 45.0 Å². The number of sulfonamides is 1. The van der Waals surface area contributed by atoms with Crippen molar-refractivity contribution in [2.45, 2.75) is 44.3 Å². The van der Waals surface area contributed by atoms with Crippen LogP contribution in [0.4, 0.5) is 13.2 Å². The van der Waals surface area contributed by atoms with Gasteiger partial charge in [-0.15, -0.1) is 0 Å². The Morgan fingerprint density at radius 1 is 0.969 bits per heavy atom. The van der Waals surface area contributed by atoms with Crippen LogP contribution in [0.25, 0.3) is 10.9 Å². The molecule has 6 nitrogen and oxygen atoms in total. The van der Waals surface area contributed by atoms with Crippen molar-refractivity contribution in [3.8, 4) is 11.5 Å². The Labute approximate surface area is 184 Å². The zero-order valence-electron chi connectivity index (χ0n) is 18.3. The summed E-state index contributed by atoms with van der Waals surface area (Å²) in [5.74, 6) is 0.857. The van der Waals surface area contributed by atoms with E-state index in [2.05, 4.69) is 4.98 Å². The predicted molar refractivity (Wildman–Crippen MR) is 116 cm³/mol. The molecule has 2 aromatic carbocycles. The van der Waals surface area contributed by atoms with Crippen molar-refractivity contribution in [3.05, 3.63) is 52.7 Å². The minimum Gasteiger partial charge on any atom is -0.493 e. The third-order valence-corrected chi connectivity index (χ3v) is 6.95. The molecule has 0 spiro atoms. The van der Waals surface area contributed by atoms with Crippen LogP contribution in [0.5, 0.6) is 11.5 Å². The highest BCUT2D eigenvalue weighted by Crippen LogP contribution is 2.33. The van der Waals surface area contributed by atoms with E-state index in [0.717, 1.165) is 5.56 Å². The van der Waals surface area contributed by atoms with Crippen LogP contribution in [0.15, 0.2) is 35.2 Å². The number of H-pyrrole nitrogens is 1. The topological polar surface area (TPSA) is 80.4 Å². The van der Waals surface area contributed by atoms with Gasteiger partial charge < -0.3 is 14.5 Å². The number of halogens is 3. The molecule has 0 fully saturated rings. The Bertz CT molecular complexity index is 1190. The minimum atomic E-state index is -4.80. The number of methoxy groups -OCH3 is 2. The maximum Gasteiger partial charge on any atom is 0.405 e. The molecular formula is C22H25F3N2O4S. The summed E-state index contributed by atoms with van der Waals surface area (Å²) in [5.41, 5.74) is 2.38. The number of benzene rings is 2. The van der Waals surface area contributed by atoms with Crippen molar-refractivity contribution in [2.75, 3.05) is 14.2 Å². The number of nitrogens with one attached hydrogen (secondary N) is 2. The van der Waals surface area contributed by atoms with E-state index < -0.39 is 28.7 Å². The molecule has 1 atom stereocenters. The Balaban J connectivity index is 1.96. The van der Waals surface area contributed by atoms with Gasteiger partial charge >= 0.3 is 6.18 Å². The first kappa shape index (κ1) is 23.9. The van der Waals surface area contributed by atoms with Gasteiger partial charge in [0.2, 0.25) is 10.0 Å². The fourth-order valence-corrected chi connectivity index (χ4v) is 5.59. The van der Waals surface area contributed by atoms with Crippen molar-refractivity contribution in [2.24, 2.45) is 0 Å². The highest BCUT2D eigenvalue weighted by atomic mass is 32.2. The lowest BCUT2D eigenvalue weighted by atomic mass is 10.1. The molecule has 0 aliphatic rings. The van der Waals surface area contributed by atoms with Crippen molar-refractivity contribution < 1.29 is 31.1 Å². The van der Waals surface area contributed by atoms with Gasteiger partial charge in [0, 0.05) is 29.1 Å². The van der Waals surface area contributed by atoms with Gasteiger partial charge in [-0.2, -0.15) is 17.9 Å². The minimum absolute atomic E-state index is 0.136. The molecule has 0 aliphatic heterocycles. The summed E-state index contributed by atoms with van der Waals surface area (Å²) in [4.78, 5) is 2.77. The molecule has 3 rings (SSSR count). The van der Waals surface area contributed by atoms with E-state index in [1.165, 1.54) is 20.3 Å². The van der Waals surface area contributed by atoms with Crippen molar-refractivity contribution in [3.63, 3.8) is 0 Å². The summed E-state index contributed by atoms with van der Waals surface area (Å²) < 4.78 is 79.6. The molecule has 0 aliphatic carbocycles. The molecule has 1 aromatic heterocycles. The number of hydrogen-bond acceptors (Lipinski definition) is 4. The van der Waals surface area contributed by atoms with Gasteiger partial charge in [-0.1, -0.05) is 17.7 Å². The number of aromatic nitrogens is 1. The molecule has 174 valence electrons. The second-order valence-corrected chi connectivity index (χ2v) is 9.39. The number of aryl methyl sites for hydroxylation is 3. The van der Waals surface area contributed by atoms with Crippen LogP contribution in [0.1, 0.15) is 22.4 Å². The molecule has 3 aromatic rings. The summed E-state index contributed by atoms with van der Waals surface area (Å²) in [6, 6.07) is 5.73. The summed E-state index contributed by atoms with van der Waals surface area (Å²) in [6.45, 7) is 4.92. The lowest BCUT2D eigenvalue weighted by Gasteiger charge is -2.22. The van der Waals surface area contributed by atoms with Crippen molar-refractivity contribution in [1.82, 2.24) is 9.71 Å². The molecule has 10 heteroatoms. The normalized spacial score (nSPS) is 13.4. The van der Waals surface area contributed by atoms with Crippen molar-refractivity contribution in [1.29, 1.82) is 0 Å². The average Bonchev–Trinajstić information content (AvgIpc) is 3.05. The highest BCUT2D eigenvalue weighted by molar-refractivity contribution is 7.89. The smallest absolute Gasteiger partial charge is 0.405 e. The second kappa shape index (κ2) is 8.67. The number of rotatable bonds is 7. The van der Waals surface area contributed by atoms with E-state index >= 15 is 0 Å². The molecule has 0 saturated heterocycles. The molecule has 1 unspecified atom stereocenters. The zero-order chi connectivity index (χ0) is 23.8. The molecular weight excluding hydrogens is 445 g/mol. The predicted octanol–water partition coefficient (Wildman–Crippen LogP) is 4.56. The number of alkyl halides is 3. The maximum atomic E-state index is 13.8. The maximum absolute atomic E-state index is 13.8. The van der Waals surface area contributed by atoms with Gasteiger partial charge in [-0.05, 0) is 44.0 Å². The van der Waals surface area contributed by atoms with E-state index in [4.69, 9.17) is 9.47 Å². The molecule has 2 N–H and O–H groups in total. The monoisotopic (exact) mass is 470 g/mol. The van der Waals surface area contributed by atoms with Gasteiger partial charge in [0.25, 0.3) is 0 Å². The summed E-state index contributed by atoms with van der Waals surface area (Å²) >= 11 is 0. The fraction of sp³-hybridized carbons (Fsp3) is 0.364. The quantitative estimate of drug-likeness (QED) is 0.531. The largest absolute Gasteiger partial charge is 0.493 e. The SMILES string of the molecule is COc1cc2cc(CC(NS(=O)(=O)c3c(C)cc(C)cc3C)C(F)(F)F)[nH]c2cc1OC. The van der Waals surface area contributed by atoms with Crippen LogP contribution in [0.2, 0.25) is 0 Å². The Hall–Kier alpha value is -2.72. The molecule has 0 amide bonds. The van der Waals surface area contributed by atoms with Gasteiger partial charge in [0.1, 0.15) is 6.04 Å². The summed E-state index contributed by atoms with van der Waals surface area (Å²) in [6.07, 6.45) is -5.40. The first-order valence-corrected chi connectivity index (χ1v) is 11.2. The lowest BCUT2D eigenvalue weighted by molar-refractivity contribution is -0.151. The standard InChI is InChI=1S/C22H25F3N2O4S/c1-12-6-13(2)21(14(3)7-12)32(28,29)27-20(22(23,24)25)10-16-8-15-9-18(30-4)19(31-5)11-17(15)26-16/h6-9,11,20,26-27H,10H2,1-5H3. The highest BCUT2D eigenvalue weighted by Gasteiger charge is 2.43. The van der Waals surface area contributed by atoms with E-state index in [-0.39, 0.29) is 10.6 Å². The fourth-order valence-electron chi connectivity index (χ4n) is 3.91. The third kappa shape index (κ3) is 4.86. The second-order valence-electron chi connectivity index (χ2n) is 7.74. The van der Waals surface area contributed by atoms with Crippen LogP contribution in [0, 0.1) is 20.8 Å². The van der Waals surface area contributed by atoms with E-state index in [9.17, 15) is 21.6 Å². The van der Waals surface area contributed by atoms with Crippen molar-refractivity contribution >= 4 is 20.9 Å². The Kier molecular flexibility index (Phi) is 6.48. The van der Waals surface area contributed by atoms with Gasteiger partial charge in [0.05, 0.1) is 19.1 Å². The van der Waals surface area contributed by atoms with Crippen LogP contribution in [0.3, 0.4) is 0 Å². The van der Waals surface area contributed by atoms with Crippen LogP contribution in [-0.2, 0) is 16.4 Å². The Morgan fingerprint density at radius 2 is 1.53 bits per heavy atom. The lowest BCUT2D eigenvalue weighted by Crippen LogP contribution is -2.47. The molecule has 0 radical (unpaired) electrons. The van der Waals surface area contributed by atoms with Gasteiger partial charge in [0.15, 0.2) is 11.5 Å². The first-order valence-electron chi connectivity index (χ1n) is 9.76. The van der Waals surface area contributed by atoms with Crippen LogP contribution < -0.4 is 14.2 Å². The number of hydrogen-bond donors (Lipinski definition) is 2. The summed E-state index contributed by atoms with van der Waals surface area (Å²) in [7, 11) is -1.50. The zero-order valence-corrected chi connectivity index (χ0v) is 19.2. The number of ether oxygens (including phenoxy) is 2. The van der Waals surface area contributed by atoms with Gasteiger partial charge in [-0.3, -0.25) is 0 Å². The number of aromatic amines is 1. The molecule has 1 heterocycles. The average molecular weight is 471 g/mol. The molecule has 32 heavy (non-hydrogen) atoms. The van der Waals surface area contributed by atoms with Gasteiger partial charge in [-0.25, -0.2) is 8.42 Å². The van der Waals surface area contributed by atoms with Crippen LogP contribution >= 0.6 is 0 Å². The van der Waals surface area contributed by atoms with E-state index in [0.29, 0.717) is 33.5 Å². The van der Waals surface area contributed by atoms with E-state index in [1.807, 2.05) is 4.72 Å². The summed E-state index contributed by atoms with van der Waals surface area (Å²) in [5, 5.41) is 0.617.